The molecule has 2 aromatic heterocycles. The number of nitrogens with one attached hydrogen (secondary N) is 1. The van der Waals surface area contributed by atoms with Gasteiger partial charge in [0.2, 0.25) is 5.88 Å². The zero-order valence-corrected chi connectivity index (χ0v) is 18.5. The van der Waals surface area contributed by atoms with Gasteiger partial charge in [0, 0.05) is 17.8 Å². The highest BCUT2D eigenvalue weighted by molar-refractivity contribution is 7.92. The first-order chi connectivity index (χ1) is 15.5. The van der Waals surface area contributed by atoms with Gasteiger partial charge in [0.1, 0.15) is 11.4 Å². The summed E-state index contributed by atoms with van der Waals surface area (Å²) >= 11 is 5.60. The van der Waals surface area contributed by atoms with Crippen LogP contribution in [-0.2, 0) is 16.2 Å². The summed E-state index contributed by atoms with van der Waals surface area (Å²) in [5.74, 6) is 0.300. The van der Waals surface area contributed by atoms with E-state index in [1.807, 2.05) is 0 Å². The predicted molar refractivity (Wildman–Crippen MR) is 118 cm³/mol. The Kier molecular flexibility index (Phi) is 5.89. The minimum atomic E-state index is -4.82. The van der Waals surface area contributed by atoms with Gasteiger partial charge in [-0.1, -0.05) is 17.7 Å². The number of sulfonamides is 1. The molecule has 33 heavy (non-hydrogen) atoms. The van der Waals surface area contributed by atoms with E-state index < -0.39 is 31.7 Å². The number of aromatic nitrogens is 2. The van der Waals surface area contributed by atoms with Gasteiger partial charge in [-0.15, -0.1) is 0 Å². The van der Waals surface area contributed by atoms with Gasteiger partial charge in [-0.05, 0) is 61.0 Å². The lowest BCUT2D eigenvalue weighted by molar-refractivity contribution is -0.137. The second kappa shape index (κ2) is 8.53. The van der Waals surface area contributed by atoms with Crippen LogP contribution in [0.1, 0.15) is 11.1 Å². The lowest BCUT2D eigenvalue weighted by atomic mass is 10.2. The topological polar surface area (TPSA) is 81.2 Å². The van der Waals surface area contributed by atoms with Crippen LogP contribution < -0.4 is 9.46 Å². The van der Waals surface area contributed by atoms with Crippen LogP contribution in [-0.4, -0.2) is 18.4 Å². The smallest absolute Gasteiger partial charge is 0.417 e. The second-order valence-corrected chi connectivity index (χ2v) is 9.13. The molecule has 6 nitrogen and oxygen atoms in total. The van der Waals surface area contributed by atoms with E-state index >= 15 is 0 Å². The number of alkyl halides is 3. The number of hydrogen-bond donors (Lipinski definition) is 1. The highest BCUT2D eigenvalue weighted by Gasteiger charge is 2.34. The van der Waals surface area contributed by atoms with Gasteiger partial charge in [-0.3, -0.25) is 9.71 Å². The fourth-order valence-corrected chi connectivity index (χ4v) is 4.37. The van der Waals surface area contributed by atoms with E-state index in [1.54, 1.807) is 43.5 Å². The summed E-state index contributed by atoms with van der Waals surface area (Å²) in [6.45, 7) is 1.68. The SMILES string of the molecule is Cc1cnc(Oc2cccc3ncccc23)c(NS(=O)(=O)c2ccc(Cl)c(C(F)(F)F)c2)c1. The van der Waals surface area contributed by atoms with Gasteiger partial charge >= 0.3 is 6.18 Å². The van der Waals surface area contributed by atoms with E-state index in [1.165, 1.54) is 12.3 Å². The van der Waals surface area contributed by atoms with E-state index in [9.17, 15) is 21.6 Å². The summed E-state index contributed by atoms with van der Waals surface area (Å²) in [5.41, 5.74) is -0.0367. The molecular formula is C22H15ClF3N3O3S. The molecule has 0 unspecified atom stereocenters. The number of pyridine rings is 2. The summed E-state index contributed by atoms with van der Waals surface area (Å²) in [7, 11) is -4.43. The van der Waals surface area contributed by atoms with E-state index in [2.05, 4.69) is 14.7 Å². The van der Waals surface area contributed by atoms with Crippen molar-refractivity contribution in [1.82, 2.24) is 9.97 Å². The number of rotatable bonds is 5. The average molecular weight is 494 g/mol. The van der Waals surface area contributed by atoms with Crippen LogP contribution in [0.25, 0.3) is 10.9 Å². The van der Waals surface area contributed by atoms with Gasteiger partial charge in [0.15, 0.2) is 0 Å². The van der Waals surface area contributed by atoms with E-state index in [-0.39, 0.29) is 11.6 Å². The molecule has 0 saturated carbocycles. The first kappa shape index (κ1) is 22.8. The van der Waals surface area contributed by atoms with Crippen LogP contribution in [0.5, 0.6) is 11.6 Å². The predicted octanol–water partition coefficient (Wildman–Crippen LogP) is 6.20. The zero-order valence-electron chi connectivity index (χ0n) is 16.9. The minimum Gasteiger partial charge on any atom is -0.436 e. The van der Waals surface area contributed by atoms with Crippen molar-refractivity contribution in [3.05, 3.63) is 83.1 Å². The van der Waals surface area contributed by atoms with Gasteiger partial charge in [0.05, 0.1) is 21.0 Å². The molecule has 0 amide bonds. The molecule has 4 rings (SSSR count). The molecule has 0 aliphatic rings. The number of benzene rings is 2. The Morgan fingerprint density at radius 2 is 1.82 bits per heavy atom. The molecule has 11 heteroatoms. The Balaban J connectivity index is 1.73. The highest BCUT2D eigenvalue weighted by atomic mass is 35.5. The maximum absolute atomic E-state index is 13.2. The molecular weight excluding hydrogens is 479 g/mol. The standard InChI is InChI=1S/C22H15ClF3N3O3S/c1-13-10-19(29-33(30,31)14-7-8-17(23)16(11-14)22(24,25)26)21(28-12-13)32-20-6-2-5-18-15(20)4-3-9-27-18/h2-12,29H,1H3. The normalized spacial score (nSPS) is 12.0. The zero-order chi connectivity index (χ0) is 23.8. The molecule has 2 heterocycles. The van der Waals surface area contributed by atoms with Crippen molar-refractivity contribution < 1.29 is 26.3 Å². The molecule has 0 spiro atoms. The number of hydrogen-bond acceptors (Lipinski definition) is 5. The number of anilines is 1. The molecule has 0 fully saturated rings. The van der Waals surface area contributed by atoms with Crippen LogP contribution in [0.4, 0.5) is 18.9 Å². The summed E-state index contributed by atoms with van der Waals surface area (Å²) in [5, 5.41) is 0.0657. The van der Waals surface area contributed by atoms with Crippen molar-refractivity contribution in [3.63, 3.8) is 0 Å². The molecule has 4 aromatic rings. The molecule has 2 aromatic carbocycles. The van der Waals surface area contributed by atoms with Crippen molar-refractivity contribution in [2.24, 2.45) is 0 Å². The molecule has 170 valence electrons. The minimum absolute atomic E-state index is 0.0422. The lowest BCUT2D eigenvalue weighted by Crippen LogP contribution is -2.16. The Bertz CT molecular complexity index is 1460. The molecule has 0 saturated heterocycles. The average Bonchev–Trinajstić information content (AvgIpc) is 2.75. The summed E-state index contributed by atoms with van der Waals surface area (Å²) < 4.78 is 73.5. The fourth-order valence-electron chi connectivity index (χ4n) is 3.07. The maximum Gasteiger partial charge on any atom is 0.417 e. The number of aryl methyl sites for hydroxylation is 1. The number of nitrogens with zero attached hydrogens (tertiary/aromatic N) is 2. The van der Waals surface area contributed by atoms with E-state index in [0.717, 1.165) is 12.1 Å². The van der Waals surface area contributed by atoms with Crippen LogP contribution in [0.15, 0.2) is 71.9 Å². The van der Waals surface area contributed by atoms with Gasteiger partial charge < -0.3 is 4.74 Å². The summed E-state index contributed by atoms with van der Waals surface area (Å²) in [6, 6.07) is 12.5. The van der Waals surface area contributed by atoms with Crippen molar-refractivity contribution in [2.75, 3.05) is 4.72 Å². The molecule has 1 N–H and O–H groups in total. The lowest BCUT2D eigenvalue weighted by Gasteiger charge is -2.15. The Labute approximate surface area is 192 Å². The molecule has 0 atom stereocenters. The second-order valence-electron chi connectivity index (χ2n) is 7.04. The van der Waals surface area contributed by atoms with Gasteiger partial charge in [-0.25, -0.2) is 13.4 Å². The number of ether oxygens (including phenoxy) is 1. The highest BCUT2D eigenvalue weighted by Crippen LogP contribution is 2.37. The molecule has 0 radical (unpaired) electrons. The van der Waals surface area contributed by atoms with Gasteiger partial charge in [-0.2, -0.15) is 13.2 Å². The number of fused-ring (bicyclic) bond motifs is 1. The van der Waals surface area contributed by atoms with E-state index in [0.29, 0.717) is 28.3 Å². The Hall–Kier alpha value is -3.37. The molecule has 0 aliphatic heterocycles. The van der Waals surface area contributed by atoms with Crippen molar-refractivity contribution in [2.45, 2.75) is 18.0 Å². The maximum atomic E-state index is 13.2. The molecule has 0 bridgehead atoms. The molecule has 0 aliphatic carbocycles. The first-order valence-electron chi connectivity index (χ1n) is 9.42. The van der Waals surface area contributed by atoms with Gasteiger partial charge in [0.25, 0.3) is 10.0 Å². The van der Waals surface area contributed by atoms with Crippen LogP contribution in [0.3, 0.4) is 0 Å². The van der Waals surface area contributed by atoms with Crippen LogP contribution >= 0.6 is 11.6 Å². The largest absolute Gasteiger partial charge is 0.436 e. The Morgan fingerprint density at radius 3 is 2.58 bits per heavy atom. The third-order valence-electron chi connectivity index (χ3n) is 4.60. The Morgan fingerprint density at radius 1 is 1.03 bits per heavy atom. The third kappa shape index (κ3) is 4.86. The quantitative estimate of drug-likeness (QED) is 0.358. The third-order valence-corrected chi connectivity index (χ3v) is 6.29. The van der Waals surface area contributed by atoms with Crippen LogP contribution in [0.2, 0.25) is 5.02 Å². The van der Waals surface area contributed by atoms with Crippen LogP contribution in [0, 0.1) is 6.92 Å². The van der Waals surface area contributed by atoms with Crippen molar-refractivity contribution >= 4 is 38.2 Å². The summed E-state index contributed by atoms with van der Waals surface area (Å²) in [4.78, 5) is 7.79. The monoisotopic (exact) mass is 493 g/mol. The first-order valence-corrected chi connectivity index (χ1v) is 11.3. The van der Waals surface area contributed by atoms with Crippen molar-refractivity contribution in [3.8, 4) is 11.6 Å². The number of halogens is 4. The van der Waals surface area contributed by atoms with E-state index in [4.69, 9.17) is 16.3 Å². The summed E-state index contributed by atoms with van der Waals surface area (Å²) in [6.07, 6.45) is -1.72. The van der Waals surface area contributed by atoms with Crippen molar-refractivity contribution in [1.29, 1.82) is 0 Å². The fraction of sp³-hybridized carbons (Fsp3) is 0.0909.